The molecule has 0 atom stereocenters. The molecule has 0 heterocycles. The van der Waals surface area contributed by atoms with Gasteiger partial charge in [0.05, 0.1) is 0 Å². The number of hydrogen-bond acceptors (Lipinski definition) is 1. The van der Waals surface area contributed by atoms with Gasteiger partial charge in [-0.3, -0.25) is 0 Å². The molecule has 20 heavy (non-hydrogen) atoms. The Morgan fingerprint density at radius 2 is 1.55 bits per heavy atom. The average molecular weight is 296 g/mol. The molecule has 4 bridgehead atoms. The van der Waals surface area contributed by atoms with Crippen molar-refractivity contribution in [2.75, 3.05) is 0 Å². The van der Waals surface area contributed by atoms with Gasteiger partial charge in [0.25, 0.3) is 0 Å². The van der Waals surface area contributed by atoms with Crippen molar-refractivity contribution < 1.29 is 4.39 Å². The van der Waals surface area contributed by atoms with Crippen LogP contribution in [0.3, 0.4) is 0 Å². The summed E-state index contributed by atoms with van der Waals surface area (Å²) >= 11 is 0. The lowest BCUT2D eigenvalue weighted by Crippen LogP contribution is -2.54. The topological polar surface area (TPSA) is 12.0 Å². The molecule has 4 fully saturated rings. The van der Waals surface area contributed by atoms with Crippen LogP contribution >= 0.6 is 12.4 Å². The van der Waals surface area contributed by atoms with E-state index in [0.717, 1.165) is 29.2 Å². The third kappa shape index (κ3) is 2.48. The highest BCUT2D eigenvalue weighted by Gasteiger charge is 2.47. The zero-order chi connectivity index (χ0) is 12.8. The maximum atomic E-state index is 13.7. The first kappa shape index (κ1) is 14.3. The van der Waals surface area contributed by atoms with E-state index in [9.17, 15) is 4.39 Å². The highest BCUT2D eigenvalue weighted by molar-refractivity contribution is 5.85. The van der Waals surface area contributed by atoms with E-state index in [1.807, 2.05) is 12.1 Å². The molecule has 1 aromatic rings. The average Bonchev–Trinajstić information content (AvgIpc) is 2.39. The van der Waals surface area contributed by atoms with E-state index in [1.54, 1.807) is 12.1 Å². The van der Waals surface area contributed by atoms with Crippen molar-refractivity contribution >= 4 is 12.4 Å². The zero-order valence-electron chi connectivity index (χ0n) is 11.7. The van der Waals surface area contributed by atoms with E-state index < -0.39 is 0 Å². The lowest BCUT2D eigenvalue weighted by Gasteiger charge is -2.54. The Kier molecular flexibility index (Phi) is 4.05. The molecule has 0 saturated heterocycles. The summed E-state index contributed by atoms with van der Waals surface area (Å²) in [5.74, 6) is 3.67. The summed E-state index contributed by atoms with van der Waals surface area (Å²) in [5, 5.41) is 3.68. The van der Waals surface area contributed by atoms with Gasteiger partial charge in [0.1, 0.15) is 5.82 Å². The molecule has 110 valence electrons. The number of nitrogens with one attached hydrogen (secondary N) is 1. The number of benzene rings is 1. The largest absolute Gasteiger partial charge is 0.309 e. The molecular weight excluding hydrogens is 273 g/mol. The van der Waals surface area contributed by atoms with Crippen LogP contribution in [0.1, 0.15) is 37.7 Å². The maximum absolute atomic E-state index is 13.7. The number of rotatable bonds is 3. The van der Waals surface area contributed by atoms with Crippen LogP contribution in [0.2, 0.25) is 0 Å². The fraction of sp³-hybridized carbons (Fsp3) is 0.647. The Balaban J connectivity index is 0.00000121. The van der Waals surface area contributed by atoms with Crippen molar-refractivity contribution in [1.82, 2.24) is 5.32 Å². The van der Waals surface area contributed by atoms with Crippen LogP contribution in [-0.4, -0.2) is 6.04 Å². The minimum atomic E-state index is -0.0705. The van der Waals surface area contributed by atoms with Crippen molar-refractivity contribution in [1.29, 1.82) is 0 Å². The first-order valence-corrected chi connectivity index (χ1v) is 7.76. The first-order chi connectivity index (χ1) is 9.29. The summed E-state index contributed by atoms with van der Waals surface area (Å²) in [7, 11) is 0. The highest BCUT2D eigenvalue weighted by Crippen LogP contribution is 2.53. The molecule has 0 spiro atoms. The summed E-state index contributed by atoms with van der Waals surface area (Å²) in [6.45, 7) is 0.694. The Labute approximate surface area is 126 Å². The number of hydrogen-bond donors (Lipinski definition) is 1. The second-order valence-electron chi connectivity index (χ2n) is 6.93. The van der Waals surface area contributed by atoms with Crippen LogP contribution in [0.15, 0.2) is 24.3 Å². The van der Waals surface area contributed by atoms with Gasteiger partial charge in [-0.2, -0.15) is 0 Å². The molecular formula is C17H23ClFN. The lowest BCUT2D eigenvalue weighted by atomic mass is 9.54. The third-order valence-corrected chi connectivity index (χ3v) is 5.71. The van der Waals surface area contributed by atoms with Crippen molar-refractivity contribution in [3.05, 3.63) is 35.6 Å². The van der Waals surface area contributed by atoms with Crippen molar-refractivity contribution in [3.63, 3.8) is 0 Å². The van der Waals surface area contributed by atoms with Crippen molar-refractivity contribution in [2.45, 2.75) is 44.7 Å². The van der Waals surface area contributed by atoms with Gasteiger partial charge < -0.3 is 5.32 Å². The summed E-state index contributed by atoms with van der Waals surface area (Å²) in [6, 6.07) is 7.80. The second kappa shape index (κ2) is 5.65. The van der Waals surface area contributed by atoms with E-state index >= 15 is 0 Å². The molecule has 3 heteroatoms. The van der Waals surface area contributed by atoms with E-state index in [4.69, 9.17) is 0 Å². The van der Waals surface area contributed by atoms with Crippen LogP contribution in [0, 0.1) is 29.5 Å². The second-order valence-corrected chi connectivity index (χ2v) is 6.93. The van der Waals surface area contributed by atoms with Gasteiger partial charge in [-0.15, -0.1) is 12.4 Å². The van der Waals surface area contributed by atoms with Gasteiger partial charge in [-0.05, 0) is 61.8 Å². The van der Waals surface area contributed by atoms with E-state index in [0.29, 0.717) is 12.6 Å². The van der Waals surface area contributed by atoms with Gasteiger partial charge in [-0.1, -0.05) is 18.2 Å². The molecule has 0 radical (unpaired) electrons. The Morgan fingerprint density at radius 3 is 2.15 bits per heavy atom. The first-order valence-electron chi connectivity index (χ1n) is 7.76. The smallest absolute Gasteiger partial charge is 0.127 e. The Morgan fingerprint density at radius 1 is 0.950 bits per heavy atom. The van der Waals surface area contributed by atoms with E-state index in [2.05, 4.69) is 5.32 Å². The van der Waals surface area contributed by atoms with E-state index in [-0.39, 0.29) is 18.2 Å². The van der Waals surface area contributed by atoms with E-state index in [1.165, 1.54) is 32.1 Å². The molecule has 0 unspecified atom stereocenters. The monoisotopic (exact) mass is 295 g/mol. The molecule has 0 aromatic heterocycles. The van der Waals surface area contributed by atoms with Gasteiger partial charge in [0.2, 0.25) is 0 Å². The van der Waals surface area contributed by atoms with Gasteiger partial charge in [0, 0.05) is 18.2 Å². The molecule has 4 aliphatic carbocycles. The summed E-state index contributed by atoms with van der Waals surface area (Å²) in [4.78, 5) is 0. The fourth-order valence-electron chi connectivity index (χ4n) is 5.13. The van der Waals surface area contributed by atoms with Crippen LogP contribution in [0.5, 0.6) is 0 Å². The molecule has 1 N–H and O–H groups in total. The summed E-state index contributed by atoms with van der Waals surface area (Å²) in [5.41, 5.74) is 0.816. The Bertz CT molecular complexity index is 448. The zero-order valence-corrected chi connectivity index (χ0v) is 12.5. The molecule has 4 aliphatic rings. The normalized spacial score (nSPS) is 37.8. The van der Waals surface area contributed by atoms with Gasteiger partial charge in [-0.25, -0.2) is 4.39 Å². The highest BCUT2D eigenvalue weighted by atomic mass is 35.5. The van der Waals surface area contributed by atoms with Crippen LogP contribution in [-0.2, 0) is 6.54 Å². The quantitative estimate of drug-likeness (QED) is 0.883. The molecule has 0 aliphatic heterocycles. The fourth-order valence-corrected chi connectivity index (χ4v) is 5.13. The van der Waals surface area contributed by atoms with Crippen LogP contribution in [0.25, 0.3) is 0 Å². The van der Waals surface area contributed by atoms with Crippen LogP contribution < -0.4 is 5.32 Å². The predicted molar refractivity (Wildman–Crippen MR) is 81.3 cm³/mol. The van der Waals surface area contributed by atoms with Crippen molar-refractivity contribution in [2.24, 2.45) is 23.7 Å². The maximum Gasteiger partial charge on any atom is 0.127 e. The van der Waals surface area contributed by atoms with Crippen molar-refractivity contribution in [3.8, 4) is 0 Å². The molecule has 1 nitrogen and oxygen atoms in total. The van der Waals surface area contributed by atoms with Gasteiger partial charge >= 0.3 is 0 Å². The molecule has 1 aromatic carbocycles. The number of halogens is 2. The Hall–Kier alpha value is -0.600. The summed E-state index contributed by atoms with van der Waals surface area (Å²) in [6.07, 6.45) is 7.17. The van der Waals surface area contributed by atoms with Gasteiger partial charge in [0.15, 0.2) is 0 Å². The lowest BCUT2D eigenvalue weighted by molar-refractivity contribution is -0.0143. The third-order valence-electron chi connectivity index (χ3n) is 5.71. The summed E-state index contributed by atoms with van der Waals surface area (Å²) < 4.78 is 13.7. The SMILES string of the molecule is Cl.Fc1ccccc1CNC1C2CC3CC(C2)CC1C3. The minimum Gasteiger partial charge on any atom is -0.309 e. The minimum absolute atomic E-state index is 0. The predicted octanol–water partition coefficient (Wildman–Crippen LogP) is 4.16. The van der Waals surface area contributed by atoms with Crippen LogP contribution in [0.4, 0.5) is 4.39 Å². The molecule has 5 rings (SSSR count). The molecule has 4 saturated carbocycles. The molecule has 0 amide bonds. The standard InChI is InChI=1S/C17H22FN.ClH/c18-16-4-2-1-3-13(16)10-19-17-14-6-11-5-12(8-14)9-15(17)7-11;/h1-4,11-12,14-15,17,19H,5-10H2;1H.